The van der Waals surface area contributed by atoms with Crippen molar-refractivity contribution in [2.45, 2.75) is 34.1 Å². The molecule has 1 aliphatic rings. The molecule has 46 heavy (non-hydrogen) atoms. The summed E-state index contributed by atoms with van der Waals surface area (Å²) in [7, 11) is 4.47. The van der Waals surface area contributed by atoms with Crippen LogP contribution in [0.2, 0.25) is 0 Å². The number of rotatable bonds is 10. The molecule has 0 bridgehead atoms. The molecule has 0 radical (unpaired) electrons. The molecule has 1 aromatic carbocycles. The van der Waals surface area contributed by atoms with Gasteiger partial charge in [0, 0.05) is 39.9 Å². The summed E-state index contributed by atoms with van der Waals surface area (Å²) in [5, 5.41) is 21.9. The van der Waals surface area contributed by atoms with Crippen LogP contribution in [0.5, 0.6) is 0 Å². The van der Waals surface area contributed by atoms with E-state index in [0.29, 0.717) is 11.3 Å². The molecule has 2 heterocycles. The highest BCUT2D eigenvalue weighted by Gasteiger charge is 2.22. The number of benzene rings is 1. The molecule has 0 aliphatic carbocycles. The minimum atomic E-state index is -0.787. The van der Waals surface area contributed by atoms with Gasteiger partial charge in [-0.2, -0.15) is 10.2 Å². The second-order valence-corrected chi connectivity index (χ2v) is 8.56. The number of amides is 4. The predicted molar refractivity (Wildman–Crippen MR) is 185 cm³/mol. The average Bonchev–Trinajstić information content (AvgIpc) is 3.73. The van der Waals surface area contributed by atoms with Crippen LogP contribution in [0.25, 0.3) is 5.69 Å². The first-order valence-electron chi connectivity index (χ1n) is 14.5. The van der Waals surface area contributed by atoms with Gasteiger partial charge in [-0.05, 0) is 38.5 Å². The van der Waals surface area contributed by atoms with Crippen LogP contribution in [0.1, 0.15) is 38.4 Å². The highest BCUT2D eigenvalue weighted by atomic mass is 16.7. The highest BCUT2D eigenvalue weighted by Crippen LogP contribution is 2.24. The molecule has 1 aromatic heterocycles. The van der Waals surface area contributed by atoms with Crippen LogP contribution in [-0.2, 0) is 19.2 Å². The van der Waals surface area contributed by atoms with Gasteiger partial charge in [0.25, 0.3) is 11.8 Å². The van der Waals surface area contributed by atoms with Gasteiger partial charge >= 0.3 is 6.03 Å². The number of primary amides is 1. The number of allylic oxidation sites excluding steroid dienone is 4. The number of nitrogens with zero attached hydrogens (tertiary/aromatic N) is 3. The molecule has 1 aliphatic heterocycles. The fraction of sp³-hybridized carbons (Fsp3) is 0.364. The minimum absolute atomic E-state index is 0.179. The van der Waals surface area contributed by atoms with Crippen molar-refractivity contribution in [3.05, 3.63) is 78.0 Å². The van der Waals surface area contributed by atoms with E-state index in [9.17, 15) is 14.4 Å². The maximum absolute atomic E-state index is 12.0. The maximum Gasteiger partial charge on any atom is 0.317 e. The Morgan fingerprint density at radius 3 is 2.15 bits per heavy atom. The Balaban J connectivity index is 0. The number of nitrogens with one attached hydrogen (secondary N) is 4. The van der Waals surface area contributed by atoms with E-state index < -0.39 is 17.8 Å². The third kappa shape index (κ3) is 15.6. The number of nitrogens with two attached hydrogens (primary N) is 1. The molecule has 4 amide bonds. The first kappa shape index (κ1) is 43.1. The molecule has 0 atom stereocenters. The smallest absolute Gasteiger partial charge is 0.317 e. The molecular formula is C33H50N8O5. The van der Waals surface area contributed by atoms with Gasteiger partial charge in [0.1, 0.15) is 17.1 Å². The first-order chi connectivity index (χ1) is 22.1. The number of hydroxylamine groups is 2. The van der Waals surface area contributed by atoms with Crippen LogP contribution in [0.15, 0.2) is 66.8 Å². The van der Waals surface area contributed by atoms with Gasteiger partial charge in [-0.25, -0.2) is 9.48 Å². The number of hydrogen-bond donors (Lipinski definition) is 5. The van der Waals surface area contributed by atoms with Crippen LogP contribution in [0.3, 0.4) is 0 Å². The van der Waals surface area contributed by atoms with E-state index in [1.807, 2.05) is 44.1 Å². The zero-order valence-electron chi connectivity index (χ0n) is 28.1. The molecule has 252 valence electrons. The molecule has 0 saturated carbocycles. The van der Waals surface area contributed by atoms with Gasteiger partial charge in [-0.15, -0.1) is 12.8 Å². The molecule has 3 rings (SSSR count). The number of hydrogen-bond acceptors (Lipinski definition) is 8. The van der Waals surface area contributed by atoms with Gasteiger partial charge in [0.05, 0.1) is 24.6 Å². The lowest BCUT2D eigenvalue weighted by Crippen LogP contribution is -2.31. The number of methoxy groups -OCH3 is 1. The van der Waals surface area contributed by atoms with E-state index in [4.69, 9.17) is 20.7 Å². The summed E-state index contributed by atoms with van der Waals surface area (Å²) in [6, 6.07) is 8.16. The normalized spacial score (nSPS) is 11.3. The Morgan fingerprint density at radius 1 is 1.15 bits per heavy atom. The zero-order chi connectivity index (χ0) is 35.5. The quantitative estimate of drug-likeness (QED) is 0.0657. The van der Waals surface area contributed by atoms with Crippen molar-refractivity contribution >= 4 is 29.4 Å². The van der Waals surface area contributed by atoms with E-state index in [0.717, 1.165) is 38.8 Å². The van der Waals surface area contributed by atoms with Gasteiger partial charge in [-0.3, -0.25) is 25.2 Å². The number of likely N-dealkylation sites (N-methyl/N-ethyl adjacent to an activating group) is 2. The van der Waals surface area contributed by atoms with Crippen molar-refractivity contribution in [3.63, 3.8) is 0 Å². The Hall–Kier alpha value is -5.03. The number of anilines is 1. The summed E-state index contributed by atoms with van der Waals surface area (Å²) in [6.07, 6.45) is 15.9. The predicted octanol–water partition coefficient (Wildman–Crippen LogP) is 3.75. The Bertz CT molecular complexity index is 1280. The van der Waals surface area contributed by atoms with Crippen molar-refractivity contribution in [1.82, 2.24) is 25.5 Å². The van der Waals surface area contributed by atoms with Crippen LogP contribution < -0.4 is 21.7 Å². The number of carbonyl (C=O) groups is 3. The second kappa shape index (κ2) is 26.4. The molecule has 2 aromatic rings. The molecule has 0 unspecified atom stereocenters. The van der Waals surface area contributed by atoms with Crippen LogP contribution in [0.4, 0.5) is 10.6 Å². The van der Waals surface area contributed by atoms with E-state index in [1.54, 1.807) is 44.4 Å². The van der Waals surface area contributed by atoms with Gasteiger partial charge in [0.2, 0.25) is 0 Å². The van der Waals surface area contributed by atoms with Crippen LogP contribution >= 0.6 is 0 Å². The van der Waals surface area contributed by atoms with Gasteiger partial charge in [-0.1, -0.05) is 56.9 Å². The average molecular weight is 639 g/mol. The van der Waals surface area contributed by atoms with Crippen LogP contribution in [-0.4, -0.2) is 85.9 Å². The first-order valence-corrected chi connectivity index (χ1v) is 14.5. The minimum Gasteiger partial charge on any atom is -0.383 e. The standard InChI is InChI=1S/C18H21N7O3.C6H13NO2.C5H8.C2H6.C2H2/c1-10-14(13(19)9-12(16(26)21-2)17(27)22-3)24-25(15(10)23-18(20)28)11-7-5-4-6-8-11;1-8-6-4-7-3-2-5-9-7;1-3-5-4-2;2*1-2/h4-9,19H,1-3H3,(H,21,26)(H,22,27)(H3,20,23,28);2-6H2,1H3;3-5H,1H2,2H3;1-2H3;1-2H/b;;5-4-;;. The SMILES string of the molecule is C#C.C=C/C=C\C.CC.CNC(=O)C(=CC(=N)c1nn(-c2ccccc2)c(NC(N)=O)c1C)C(=O)NC.COCCN1CCCO1. The lowest BCUT2D eigenvalue weighted by molar-refractivity contribution is -0.123. The third-order valence-corrected chi connectivity index (χ3v) is 5.55. The summed E-state index contributed by atoms with van der Waals surface area (Å²) in [4.78, 5) is 40.6. The molecule has 13 nitrogen and oxygen atoms in total. The molecule has 13 heteroatoms. The summed E-state index contributed by atoms with van der Waals surface area (Å²) < 4.78 is 6.31. The largest absolute Gasteiger partial charge is 0.383 e. The topological polar surface area (TPSA) is 177 Å². The maximum atomic E-state index is 12.0. The second-order valence-electron chi connectivity index (χ2n) is 8.56. The molecule has 1 fully saturated rings. The Morgan fingerprint density at radius 2 is 1.74 bits per heavy atom. The number of carbonyl (C=O) groups excluding carboxylic acids is 3. The molecule has 0 spiro atoms. The lowest BCUT2D eigenvalue weighted by Gasteiger charge is -2.11. The van der Waals surface area contributed by atoms with Crippen molar-refractivity contribution in [2.75, 3.05) is 52.8 Å². The van der Waals surface area contributed by atoms with Crippen molar-refractivity contribution in [2.24, 2.45) is 5.73 Å². The van der Waals surface area contributed by atoms with E-state index in [1.165, 1.54) is 18.8 Å². The molecular weight excluding hydrogens is 588 g/mol. The summed E-state index contributed by atoms with van der Waals surface area (Å²) in [5.41, 5.74) is 6.11. The summed E-state index contributed by atoms with van der Waals surface area (Å²) >= 11 is 0. The number of ether oxygens (including phenoxy) is 1. The molecule has 6 N–H and O–H groups in total. The fourth-order valence-corrected chi connectivity index (χ4v) is 3.49. The summed E-state index contributed by atoms with van der Waals surface area (Å²) in [5.74, 6) is -0.993. The molecule has 1 saturated heterocycles. The lowest BCUT2D eigenvalue weighted by atomic mass is 10.1. The monoisotopic (exact) mass is 638 g/mol. The third-order valence-electron chi connectivity index (χ3n) is 5.55. The van der Waals surface area contributed by atoms with Crippen molar-refractivity contribution < 1.29 is 24.0 Å². The zero-order valence-corrected chi connectivity index (χ0v) is 28.1. The highest BCUT2D eigenvalue weighted by molar-refractivity contribution is 6.23. The number of aromatic nitrogens is 2. The van der Waals surface area contributed by atoms with Gasteiger partial charge < -0.3 is 21.1 Å². The van der Waals surface area contributed by atoms with E-state index >= 15 is 0 Å². The fourth-order valence-electron chi connectivity index (χ4n) is 3.49. The Labute approximate surface area is 273 Å². The summed E-state index contributed by atoms with van der Waals surface area (Å²) in [6.45, 7) is 14.7. The van der Waals surface area contributed by atoms with Crippen molar-refractivity contribution in [3.8, 4) is 18.5 Å². The van der Waals surface area contributed by atoms with Gasteiger partial charge in [0.15, 0.2) is 0 Å². The Kier molecular flexibility index (Phi) is 24.7. The number of terminal acetylenes is 1. The van der Waals surface area contributed by atoms with Crippen molar-refractivity contribution in [1.29, 1.82) is 5.41 Å². The van der Waals surface area contributed by atoms with Crippen LogP contribution in [0, 0.1) is 25.2 Å². The number of para-hydroxylation sites is 1. The number of urea groups is 1. The van der Waals surface area contributed by atoms with E-state index in [-0.39, 0.29) is 22.8 Å². The van der Waals surface area contributed by atoms with E-state index in [2.05, 4.69) is 40.5 Å².